The number of piperazine rings is 1. The number of benzene rings is 2. The van der Waals surface area contributed by atoms with Gasteiger partial charge in [0.05, 0.1) is 6.04 Å². The molecule has 5 nitrogen and oxygen atoms in total. The van der Waals surface area contributed by atoms with Crippen molar-refractivity contribution in [3.8, 4) is 5.75 Å². The smallest absolute Gasteiger partial charge is 0.253 e. The fourth-order valence-corrected chi connectivity index (χ4v) is 6.32. The van der Waals surface area contributed by atoms with E-state index in [0.29, 0.717) is 30.0 Å². The van der Waals surface area contributed by atoms with Gasteiger partial charge >= 0.3 is 0 Å². The molecule has 1 aliphatic heterocycles. The monoisotopic (exact) mass is 567 g/mol. The molecule has 2 aromatic rings. The number of carbonyl (C=O) groups is 1. The minimum Gasteiger partial charge on any atom is -0.543 e. The van der Waals surface area contributed by atoms with E-state index in [1.165, 1.54) is 0 Å². The van der Waals surface area contributed by atoms with Crippen LogP contribution in [0.25, 0.3) is 0 Å². The minimum atomic E-state index is -2.11. The van der Waals surface area contributed by atoms with Gasteiger partial charge in [-0.15, -0.1) is 6.58 Å². The van der Waals surface area contributed by atoms with Crippen molar-refractivity contribution in [2.24, 2.45) is 0 Å². The van der Waals surface area contributed by atoms with Gasteiger partial charge in [0.25, 0.3) is 5.91 Å². The van der Waals surface area contributed by atoms with Crippen molar-refractivity contribution < 1.29 is 13.6 Å². The summed E-state index contributed by atoms with van der Waals surface area (Å²) in [5.74, 6) is 0.487. The summed E-state index contributed by atoms with van der Waals surface area (Å²) in [5.41, 5.74) is 2.23. The van der Waals surface area contributed by atoms with Crippen LogP contribution >= 0.6 is 0 Å². The molecule has 1 heterocycles. The van der Waals surface area contributed by atoms with E-state index < -0.39 is 8.32 Å². The molecule has 0 aromatic heterocycles. The van der Waals surface area contributed by atoms with Crippen molar-refractivity contribution in [2.45, 2.75) is 84.7 Å². The lowest BCUT2D eigenvalue weighted by Crippen LogP contribution is -2.57. The summed E-state index contributed by atoms with van der Waals surface area (Å²) >= 11 is 0. The second-order valence-electron chi connectivity index (χ2n) is 12.7. The van der Waals surface area contributed by atoms with Gasteiger partial charge in [-0.2, -0.15) is 0 Å². The Morgan fingerprint density at radius 2 is 1.73 bits per heavy atom. The highest BCUT2D eigenvalue weighted by molar-refractivity contribution is 6.74. The summed E-state index contributed by atoms with van der Waals surface area (Å²) in [6.45, 7) is 27.2. The molecular formula is C33H50FN3O2Si. The lowest BCUT2D eigenvalue weighted by Gasteiger charge is -2.47. The zero-order valence-corrected chi connectivity index (χ0v) is 27.1. The molecule has 1 fully saturated rings. The molecule has 3 rings (SSSR count). The normalized spacial score (nSPS) is 19.8. The predicted molar refractivity (Wildman–Crippen MR) is 167 cm³/mol. The van der Waals surface area contributed by atoms with Crippen LogP contribution in [0.4, 0.5) is 4.39 Å². The molecule has 2 aromatic carbocycles. The molecule has 0 bridgehead atoms. The molecule has 7 heteroatoms. The Labute approximate surface area is 243 Å². The number of hydrogen-bond acceptors (Lipinski definition) is 4. The molecule has 220 valence electrons. The number of carbonyl (C=O) groups excluding carboxylic acids is 1. The van der Waals surface area contributed by atoms with Crippen molar-refractivity contribution >= 4 is 14.2 Å². The van der Waals surface area contributed by atoms with Crippen LogP contribution < -0.4 is 4.43 Å². The Balaban J connectivity index is 2.09. The van der Waals surface area contributed by atoms with E-state index in [0.717, 1.165) is 25.2 Å². The van der Waals surface area contributed by atoms with Gasteiger partial charge in [-0.25, -0.2) is 4.39 Å². The highest BCUT2D eigenvalue weighted by Crippen LogP contribution is 2.40. The van der Waals surface area contributed by atoms with Gasteiger partial charge < -0.3 is 9.33 Å². The van der Waals surface area contributed by atoms with E-state index in [9.17, 15) is 4.79 Å². The molecule has 0 spiro atoms. The predicted octanol–water partition coefficient (Wildman–Crippen LogP) is 7.36. The molecular weight excluding hydrogens is 517 g/mol. The van der Waals surface area contributed by atoms with E-state index in [1.807, 2.05) is 55.2 Å². The van der Waals surface area contributed by atoms with Crippen molar-refractivity contribution in [3.63, 3.8) is 0 Å². The molecule has 1 aliphatic rings. The number of rotatable bonds is 10. The molecule has 0 saturated carbocycles. The highest BCUT2D eigenvalue weighted by atomic mass is 28.4. The molecule has 40 heavy (non-hydrogen) atoms. The Morgan fingerprint density at radius 3 is 2.27 bits per heavy atom. The third-order valence-electron chi connectivity index (χ3n) is 8.82. The SMILES string of the molecule is C=CCN1CC(C)N(C(c2ccc(C(=O)N(CC)CC)cc2)c2cc(O[Si](C)(C)C(C)(C)C)ccc2F)CC1C. The molecule has 0 aliphatic carbocycles. The molecule has 3 unspecified atom stereocenters. The van der Waals surface area contributed by atoms with E-state index in [1.54, 1.807) is 12.1 Å². The van der Waals surface area contributed by atoms with E-state index >= 15 is 4.39 Å². The maximum Gasteiger partial charge on any atom is 0.253 e. The first kappa shape index (κ1) is 32.0. The zero-order valence-electron chi connectivity index (χ0n) is 26.1. The standard InChI is InChI=1S/C33H50FN3O2Si/c1-11-20-36-22-25(5)37(23-24(36)4)31(26-14-16-27(17-15-26)32(38)35(12-2)13-3)29-21-28(18-19-30(29)34)39-40(9,10)33(6,7)8/h11,14-19,21,24-25,31H,1,12-13,20,22-23H2,2-10H3. The van der Waals surface area contributed by atoms with Gasteiger partial charge in [-0.3, -0.25) is 14.6 Å². The maximum absolute atomic E-state index is 15.8. The van der Waals surface area contributed by atoms with Crippen molar-refractivity contribution in [3.05, 3.63) is 77.6 Å². The second kappa shape index (κ2) is 13.0. The summed E-state index contributed by atoms with van der Waals surface area (Å²) in [6, 6.07) is 13.1. The van der Waals surface area contributed by atoms with Gasteiger partial charge in [0, 0.05) is 55.9 Å². The highest BCUT2D eigenvalue weighted by Gasteiger charge is 2.40. The van der Waals surface area contributed by atoms with Gasteiger partial charge in [-0.1, -0.05) is 39.0 Å². The van der Waals surface area contributed by atoms with Gasteiger partial charge in [0.2, 0.25) is 8.32 Å². The summed E-state index contributed by atoms with van der Waals surface area (Å²) < 4.78 is 22.4. The van der Waals surface area contributed by atoms with Crippen LogP contribution in [-0.2, 0) is 0 Å². The minimum absolute atomic E-state index is 0.0177. The Hall–Kier alpha value is -2.48. The third-order valence-corrected chi connectivity index (χ3v) is 13.2. The average Bonchev–Trinajstić information content (AvgIpc) is 2.89. The molecule has 0 radical (unpaired) electrons. The average molecular weight is 568 g/mol. The first-order valence-electron chi connectivity index (χ1n) is 14.7. The van der Waals surface area contributed by atoms with E-state index in [2.05, 4.69) is 64.1 Å². The molecule has 3 atom stereocenters. The Bertz CT molecular complexity index is 1160. The van der Waals surface area contributed by atoms with E-state index in [-0.39, 0.29) is 34.9 Å². The van der Waals surface area contributed by atoms with Gasteiger partial charge in [-0.05, 0) is 81.7 Å². The largest absolute Gasteiger partial charge is 0.543 e. The Kier molecular flexibility index (Phi) is 10.4. The van der Waals surface area contributed by atoms with Crippen LogP contribution in [-0.4, -0.2) is 73.7 Å². The fourth-order valence-electron chi connectivity index (χ4n) is 5.30. The zero-order chi connectivity index (χ0) is 29.8. The number of halogens is 1. The van der Waals surface area contributed by atoms with Crippen molar-refractivity contribution in [2.75, 3.05) is 32.7 Å². The lowest BCUT2D eigenvalue weighted by molar-refractivity contribution is 0.0298. The molecule has 0 N–H and O–H groups in total. The molecule has 1 amide bonds. The maximum atomic E-state index is 15.8. The fraction of sp³-hybridized carbons (Fsp3) is 0.545. The summed E-state index contributed by atoms with van der Waals surface area (Å²) in [7, 11) is -2.11. The van der Waals surface area contributed by atoms with Crippen LogP contribution in [0.2, 0.25) is 18.1 Å². The van der Waals surface area contributed by atoms with Gasteiger partial charge in [0.1, 0.15) is 11.6 Å². The van der Waals surface area contributed by atoms with Crippen LogP contribution in [0, 0.1) is 5.82 Å². The lowest BCUT2D eigenvalue weighted by atomic mass is 9.92. The van der Waals surface area contributed by atoms with E-state index in [4.69, 9.17) is 4.43 Å². The number of nitrogens with zero attached hydrogens (tertiary/aromatic N) is 3. The summed E-state index contributed by atoms with van der Waals surface area (Å²) in [4.78, 5) is 19.6. The van der Waals surface area contributed by atoms with Crippen LogP contribution in [0.1, 0.15) is 76.0 Å². The van der Waals surface area contributed by atoms with Crippen LogP contribution in [0.5, 0.6) is 5.75 Å². The van der Waals surface area contributed by atoms with Crippen LogP contribution in [0.15, 0.2) is 55.1 Å². The van der Waals surface area contributed by atoms with Crippen molar-refractivity contribution in [1.82, 2.24) is 14.7 Å². The van der Waals surface area contributed by atoms with Crippen molar-refractivity contribution in [1.29, 1.82) is 0 Å². The first-order chi connectivity index (χ1) is 18.7. The van der Waals surface area contributed by atoms with Gasteiger partial charge in [0.15, 0.2) is 0 Å². The summed E-state index contributed by atoms with van der Waals surface area (Å²) in [5, 5.41) is 0.0274. The topological polar surface area (TPSA) is 36.0 Å². The second-order valence-corrected chi connectivity index (χ2v) is 17.4. The number of amides is 1. The molecule has 1 saturated heterocycles. The van der Waals surface area contributed by atoms with Crippen LogP contribution in [0.3, 0.4) is 0 Å². The number of hydrogen-bond donors (Lipinski definition) is 0. The third kappa shape index (κ3) is 7.04. The Morgan fingerprint density at radius 1 is 1.10 bits per heavy atom. The quantitative estimate of drug-likeness (QED) is 0.222. The summed E-state index contributed by atoms with van der Waals surface area (Å²) in [6.07, 6.45) is 1.95. The first-order valence-corrected chi connectivity index (χ1v) is 17.6.